The first kappa shape index (κ1) is 20.7. The number of morpholine rings is 1. The van der Waals surface area contributed by atoms with Crippen LogP contribution in [0, 0.1) is 0 Å². The molecule has 29 heavy (non-hydrogen) atoms. The fraction of sp³-hybridized carbons (Fsp3) is 0.318. The van der Waals surface area contributed by atoms with Crippen LogP contribution in [0.15, 0.2) is 54.6 Å². The van der Waals surface area contributed by atoms with Crippen LogP contribution in [0.3, 0.4) is 0 Å². The summed E-state index contributed by atoms with van der Waals surface area (Å²) in [5.41, 5.74) is 2.01. The molecule has 152 valence electrons. The lowest BCUT2D eigenvalue weighted by atomic mass is 10.2. The lowest BCUT2D eigenvalue weighted by Gasteiger charge is -2.26. The third-order valence-corrected chi connectivity index (χ3v) is 4.68. The van der Waals surface area contributed by atoms with Crippen molar-refractivity contribution >= 4 is 23.2 Å². The molecule has 2 heterocycles. The monoisotopic (exact) mass is 394 g/mol. The van der Waals surface area contributed by atoms with E-state index in [1.807, 2.05) is 48.5 Å². The summed E-state index contributed by atoms with van der Waals surface area (Å²) in [6.45, 7) is 5.51. The summed E-state index contributed by atoms with van der Waals surface area (Å²) < 4.78 is 5.40. The Morgan fingerprint density at radius 2 is 1.72 bits per heavy atom. The number of carbonyl (C=O) groups is 1. The van der Waals surface area contributed by atoms with E-state index in [9.17, 15) is 0 Å². The van der Waals surface area contributed by atoms with Gasteiger partial charge in [0.15, 0.2) is 5.82 Å². The molecule has 7 heteroatoms. The van der Waals surface area contributed by atoms with Gasteiger partial charge in [-0.25, -0.2) is 9.97 Å². The number of nitrogens with one attached hydrogen (secondary N) is 1. The Bertz CT molecular complexity index is 899. The average molecular weight is 394 g/mol. The summed E-state index contributed by atoms with van der Waals surface area (Å²) in [4.78, 5) is 20.4. The molecule has 0 atom stereocenters. The number of rotatable bonds is 6. The maximum atomic E-state index is 8.36. The maximum absolute atomic E-state index is 8.36. The second-order valence-corrected chi connectivity index (χ2v) is 6.62. The third kappa shape index (κ3) is 5.97. The summed E-state index contributed by atoms with van der Waals surface area (Å²) in [6, 6.07) is 18.3. The molecule has 0 saturated carbocycles. The topological polar surface area (TPSA) is 87.6 Å². The van der Waals surface area contributed by atoms with Gasteiger partial charge in [-0.2, -0.15) is 0 Å². The third-order valence-electron chi connectivity index (χ3n) is 4.68. The zero-order valence-electron chi connectivity index (χ0n) is 16.3. The predicted molar refractivity (Wildman–Crippen MR) is 114 cm³/mol. The van der Waals surface area contributed by atoms with Crippen LogP contribution < -0.4 is 5.32 Å². The Morgan fingerprint density at radius 1 is 1.03 bits per heavy atom. The van der Waals surface area contributed by atoms with Crippen LogP contribution in [0.25, 0.3) is 22.3 Å². The Balaban J connectivity index is 0.000000755. The number of carboxylic acid groups (broad SMARTS) is 1. The first-order valence-corrected chi connectivity index (χ1v) is 9.76. The van der Waals surface area contributed by atoms with Crippen molar-refractivity contribution in [1.82, 2.24) is 14.9 Å². The van der Waals surface area contributed by atoms with Gasteiger partial charge in [-0.05, 0) is 25.1 Å². The fourth-order valence-corrected chi connectivity index (χ4v) is 3.26. The second kappa shape index (κ2) is 11.1. The molecule has 0 spiro atoms. The van der Waals surface area contributed by atoms with E-state index < -0.39 is 0 Å². The number of fused-ring (bicyclic) bond motifs is 1. The molecule has 3 aromatic rings. The van der Waals surface area contributed by atoms with Crippen molar-refractivity contribution in [3.05, 3.63) is 54.6 Å². The highest BCUT2D eigenvalue weighted by Crippen LogP contribution is 2.24. The molecule has 0 unspecified atom stereocenters. The molecule has 1 aromatic heterocycles. The summed E-state index contributed by atoms with van der Waals surface area (Å²) in [5.74, 6) is 1.68. The molecule has 7 nitrogen and oxygen atoms in total. The molecule has 1 saturated heterocycles. The van der Waals surface area contributed by atoms with Gasteiger partial charge in [-0.3, -0.25) is 9.69 Å². The zero-order chi connectivity index (χ0) is 20.3. The highest BCUT2D eigenvalue weighted by atomic mass is 16.5. The Labute approximate surface area is 170 Å². The van der Waals surface area contributed by atoms with E-state index in [1.165, 1.54) is 0 Å². The van der Waals surface area contributed by atoms with Crippen LogP contribution in [-0.2, 0) is 9.53 Å². The van der Waals surface area contributed by atoms with Crippen LogP contribution in [0.1, 0.15) is 6.42 Å². The highest BCUT2D eigenvalue weighted by Gasteiger charge is 2.11. The quantitative estimate of drug-likeness (QED) is 0.490. The summed E-state index contributed by atoms with van der Waals surface area (Å²) in [6.07, 6.45) is 1.08. The normalized spacial score (nSPS) is 14.1. The number of hydrogen-bond acceptors (Lipinski definition) is 6. The number of para-hydroxylation sites is 1. The van der Waals surface area contributed by atoms with Crippen LogP contribution in [0.2, 0.25) is 0 Å². The highest BCUT2D eigenvalue weighted by molar-refractivity contribution is 5.90. The molecule has 1 fully saturated rings. The predicted octanol–water partition coefficient (Wildman–Crippen LogP) is 3.13. The first-order chi connectivity index (χ1) is 14.3. The summed E-state index contributed by atoms with van der Waals surface area (Å²) in [5, 5.41) is 11.5. The second-order valence-electron chi connectivity index (χ2n) is 6.62. The van der Waals surface area contributed by atoms with E-state index in [1.54, 1.807) is 0 Å². The Hall–Kier alpha value is -3.03. The zero-order valence-corrected chi connectivity index (χ0v) is 16.3. The maximum Gasteiger partial charge on any atom is 0.290 e. The minimum absolute atomic E-state index is 0.250. The molecule has 0 radical (unpaired) electrons. The van der Waals surface area contributed by atoms with Crippen LogP contribution in [0.4, 0.5) is 5.82 Å². The van der Waals surface area contributed by atoms with E-state index in [-0.39, 0.29) is 6.47 Å². The number of anilines is 1. The number of aromatic nitrogens is 2. The van der Waals surface area contributed by atoms with Crippen molar-refractivity contribution in [2.45, 2.75) is 6.42 Å². The molecule has 0 amide bonds. The van der Waals surface area contributed by atoms with E-state index in [0.29, 0.717) is 0 Å². The molecule has 2 aromatic carbocycles. The van der Waals surface area contributed by atoms with Gasteiger partial charge >= 0.3 is 0 Å². The molecule has 2 N–H and O–H groups in total. The van der Waals surface area contributed by atoms with Crippen molar-refractivity contribution in [3.8, 4) is 11.4 Å². The van der Waals surface area contributed by atoms with Gasteiger partial charge in [0.25, 0.3) is 6.47 Å². The van der Waals surface area contributed by atoms with Crippen molar-refractivity contribution in [3.63, 3.8) is 0 Å². The Kier molecular flexibility index (Phi) is 7.91. The molecule has 1 aliphatic heterocycles. The minimum Gasteiger partial charge on any atom is -0.483 e. The SMILES string of the molecule is O=CO.c1ccc(-c2nc(NCCCN3CCOCC3)c3ccccc3n2)cc1. The molecule has 4 rings (SSSR count). The standard InChI is InChI=1S/C21H24N4O.CH2O2/c1-2-7-17(8-3-1)20-23-19-10-5-4-9-18(19)21(24-20)22-11-6-12-25-13-15-26-16-14-25;2-1-3/h1-5,7-10H,6,11-16H2,(H,22,23,24);1H,(H,2,3). The smallest absolute Gasteiger partial charge is 0.290 e. The van der Waals surface area contributed by atoms with Gasteiger partial charge in [0.05, 0.1) is 18.7 Å². The van der Waals surface area contributed by atoms with Gasteiger partial charge in [-0.15, -0.1) is 0 Å². The number of ether oxygens (including phenoxy) is 1. The van der Waals surface area contributed by atoms with Crippen molar-refractivity contribution in [1.29, 1.82) is 0 Å². The first-order valence-electron chi connectivity index (χ1n) is 9.76. The summed E-state index contributed by atoms with van der Waals surface area (Å²) in [7, 11) is 0. The molecule has 1 aliphatic rings. The van der Waals surface area contributed by atoms with Gasteiger partial charge in [0.1, 0.15) is 5.82 Å². The van der Waals surface area contributed by atoms with Gasteiger partial charge in [-0.1, -0.05) is 42.5 Å². The fourth-order valence-electron chi connectivity index (χ4n) is 3.26. The van der Waals surface area contributed by atoms with E-state index in [0.717, 1.165) is 73.9 Å². The van der Waals surface area contributed by atoms with E-state index >= 15 is 0 Å². The minimum atomic E-state index is -0.250. The van der Waals surface area contributed by atoms with Gasteiger partial charge in [0.2, 0.25) is 0 Å². The van der Waals surface area contributed by atoms with Gasteiger partial charge < -0.3 is 15.2 Å². The van der Waals surface area contributed by atoms with Crippen molar-refractivity contribution in [2.24, 2.45) is 0 Å². The van der Waals surface area contributed by atoms with Crippen LogP contribution in [-0.4, -0.2) is 65.8 Å². The number of hydrogen-bond donors (Lipinski definition) is 2. The number of nitrogens with zero attached hydrogens (tertiary/aromatic N) is 3. The van der Waals surface area contributed by atoms with E-state index in [2.05, 4.69) is 16.3 Å². The van der Waals surface area contributed by atoms with Crippen molar-refractivity contribution < 1.29 is 14.6 Å². The van der Waals surface area contributed by atoms with Crippen molar-refractivity contribution in [2.75, 3.05) is 44.7 Å². The van der Waals surface area contributed by atoms with Gasteiger partial charge in [0, 0.05) is 30.6 Å². The molecular weight excluding hydrogens is 368 g/mol. The molecule has 0 bridgehead atoms. The van der Waals surface area contributed by atoms with E-state index in [4.69, 9.17) is 24.6 Å². The van der Waals surface area contributed by atoms with Crippen LogP contribution in [0.5, 0.6) is 0 Å². The lowest BCUT2D eigenvalue weighted by molar-refractivity contribution is -0.122. The Morgan fingerprint density at radius 3 is 2.48 bits per heavy atom. The van der Waals surface area contributed by atoms with Crippen LogP contribution >= 0.6 is 0 Å². The largest absolute Gasteiger partial charge is 0.483 e. The number of benzene rings is 2. The molecule has 0 aliphatic carbocycles. The lowest BCUT2D eigenvalue weighted by Crippen LogP contribution is -2.37. The molecular formula is C22H26N4O3. The average Bonchev–Trinajstić information content (AvgIpc) is 2.78. The summed E-state index contributed by atoms with van der Waals surface area (Å²) >= 11 is 0.